The number of hydrogen-bond donors (Lipinski definition) is 1. The maximum absolute atomic E-state index is 13.7. The van der Waals surface area contributed by atoms with Crippen LogP contribution in [0.3, 0.4) is 0 Å². The summed E-state index contributed by atoms with van der Waals surface area (Å²) in [7, 11) is 0. The number of fused-ring (bicyclic) bond motifs is 1. The molecule has 2 fully saturated rings. The molecule has 3 heterocycles. The van der Waals surface area contributed by atoms with Gasteiger partial charge in [0.25, 0.3) is 11.2 Å². The van der Waals surface area contributed by atoms with Crippen LogP contribution in [-0.4, -0.2) is 61.2 Å². The van der Waals surface area contributed by atoms with Crippen molar-refractivity contribution in [1.29, 1.82) is 0 Å². The standard InChI is InChI=1S/C29H34N8O3/c1-19-16-20(2)26-21(17-19)18-25(29(38)30-26)27(28-31-32-33-36(28)23-6-4-3-5-7-23)35-14-12-34(13-15-35)22-8-10-24(11-9-22)37(39)40/h8-11,16-18,23,27H,3-7,12-15H2,1-2H3,(H,30,38)/t27-/m0/s1. The first-order valence-corrected chi connectivity index (χ1v) is 14.0. The summed E-state index contributed by atoms with van der Waals surface area (Å²) in [6.07, 6.45) is 5.59. The van der Waals surface area contributed by atoms with Gasteiger partial charge in [-0.3, -0.25) is 19.8 Å². The van der Waals surface area contributed by atoms with Crippen molar-refractivity contribution >= 4 is 22.3 Å². The Bertz CT molecular complexity index is 1580. The molecule has 1 atom stereocenters. The van der Waals surface area contributed by atoms with E-state index in [-0.39, 0.29) is 22.2 Å². The third kappa shape index (κ3) is 4.97. The van der Waals surface area contributed by atoms with E-state index in [1.54, 1.807) is 24.3 Å². The molecule has 1 aliphatic carbocycles. The Morgan fingerprint density at radius 3 is 2.42 bits per heavy atom. The van der Waals surface area contributed by atoms with Crippen molar-refractivity contribution in [3.63, 3.8) is 0 Å². The van der Waals surface area contributed by atoms with E-state index in [1.807, 2.05) is 17.7 Å². The average molecular weight is 543 g/mol. The number of piperazine rings is 1. The van der Waals surface area contributed by atoms with Crippen molar-refractivity contribution < 1.29 is 4.92 Å². The fraction of sp³-hybridized carbons (Fsp3) is 0.448. The molecule has 11 nitrogen and oxygen atoms in total. The molecular weight excluding hydrogens is 508 g/mol. The van der Waals surface area contributed by atoms with Gasteiger partial charge < -0.3 is 9.88 Å². The van der Waals surface area contributed by atoms with Gasteiger partial charge in [-0.2, -0.15) is 0 Å². The number of pyridine rings is 1. The lowest BCUT2D eigenvalue weighted by atomic mass is 9.95. The minimum atomic E-state index is -0.398. The van der Waals surface area contributed by atoms with Gasteiger partial charge in [0.2, 0.25) is 0 Å². The summed E-state index contributed by atoms with van der Waals surface area (Å²) in [5.74, 6) is 0.713. The first-order valence-electron chi connectivity index (χ1n) is 14.0. The SMILES string of the molecule is Cc1cc(C)c2[nH]c(=O)c([C@@H](c3nnnn3C3CCCCC3)N3CCN(c4ccc([N+](=O)[O-])cc4)CC3)cc2c1. The molecule has 6 rings (SSSR count). The molecule has 0 spiro atoms. The number of tetrazole rings is 1. The number of rotatable bonds is 6. The number of nitro benzene ring substituents is 1. The molecule has 1 aliphatic heterocycles. The topological polar surface area (TPSA) is 126 Å². The molecule has 0 bridgehead atoms. The summed E-state index contributed by atoms with van der Waals surface area (Å²) in [5, 5.41) is 25.2. The summed E-state index contributed by atoms with van der Waals surface area (Å²) in [5.41, 5.74) is 4.59. The van der Waals surface area contributed by atoms with Gasteiger partial charge in [0, 0.05) is 49.6 Å². The average Bonchev–Trinajstić information content (AvgIpc) is 3.44. The third-order valence-corrected chi connectivity index (χ3v) is 8.41. The summed E-state index contributed by atoms with van der Waals surface area (Å²) in [6, 6.07) is 12.7. The lowest BCUT2D eigenvalue weighted by molar-refractivity contribution is -0.384. The van der Waals surface area contributed by atoms with Crippen LogP contribution in [0.5, 0.6) is 0 Å². The normalized spacial score (nSPS) is 17.8. The Labute approximate surface area is 231 Å². The second-order valence-corrected chi connectivity index (χ2v) is 11.1. The Balaban J connectivity index is 1.37. The summed E-state index contributed by atoms with van der Waals surface area (Å²) >= 11 is 0. The van der Waals surface area contributed by atoms with Gasteiger partial charge in [-0.15, -0.1) is 5.10 Å². The van der Waals surface area contributed by atoms with E-state index in [2.05, 4.69) is 49.4 Å². The van der Waals surface area contributed by atoms with Crippen molar-refractivity contribution in [2.24, 2.45) is 0 Å². The Morgan fingerprint density at radius 2 is 1.73 bits per heavy atom. The van der Waals surface area contributed by atoms with Crippen molar-refractivity contribution in [3.05, 3.63) is 85.4 Å². The molecule has 0 amide bonds. The molecule has 40 heavy (non-hydrogen) atoms. The van der Waals surface area contributed by atoms with E-state index in [4.69, 9.17) is 0 Å². The van der Waals surface area contributed by atoms with E-state index in [0.717, 1.165) is 53.4 Å². The molecule has 1 N–H and O–H groups in total. The summed E-state index contributed by atoms with van der Waals surface area (Å²) in [6.45, 7) is 6.87. The summed E-state index contributed by atoms with van der Waals surface area (Å²) in [4.78, 5) is 32.1. The third-order valence-electron chi connectivity index (χ3n) is 8.41. The van der Waals surface area contributed by atoms with Crippen LogP contribution >= 0.6 is 0 Å². The number of hydrogen-bond acceptors (Lipinski definition) is 8. The molecule has 2 aromatic heterocycles. The number of aromatic amines is 1. The van der Waals surface area contributed by atoms with E-state index in [1.165, 1.54) is 6.42 Å². The zero-order valence-corrected chi connectivity index (χ0v) is 22.9. The number of nitro groups is 1. The van der Waals surface area contributed by atoms with E-state index in [9.17, 15) is 14.9 Å². The zero-order valence-electron chi connectivity index (χ0n) is 22.9. The highest BCUT2D eigenvalue weighted by Gasteiger charge is 2.34. The molecule has 0 radical (unpaired) electrons. The monoisotopic (exact) mass is 542 g/mol. The number of non-ortho nitro benzene ring substituents is 1. The number of aromatic nitrogens is 5. The Hall–Kier alpha value is -4.12. The second kappa shape index (κ2) is 10.8. The molecule has 1 saturated heterocycles. The highest BCUT2D eigenvalue weighted by atomic mass is 16.6. The van der Waals surface area contributed by atoms with E-state index < -0.39 is 6.04 Å². The number of nitrogens with one attached hydrogen (secondary N) is 1. The number of benzene rings is 2. The van der Waals surface area contributed by atoms with Crippen LogP contribution in [0, 0.1) is 24.0 Å². The van der Waals surface area contributed by atoms with Crippen molar-refractivity contribution in [3.8, 4) is 0 Å². The van der Waals surface area contributed by atoms with Crippen LogP contribution in [0.15, 0.2) is 47.3 Å². The second-order valence-electron chi connectivity index (χ2n) is 11.1. The largest absolute Gasteiger partial charge is 0.369 e. The zero-order chi connectivity index (χ0) is 27.8. The molecule has 11 heteroatoms. The highest BCUT2D eigenvalue weighted by molar-refractivity contribution is 5.83. The molecule has 4 aromatic rings. The summed E-state index contributed by atoms with van der Waals surface area (Å²) < 4.78 is 1.97. The number of H-pyrrole nitrogens is 1. The first kappa shape index (κ1) is 26.1. The molecule has 1 saturated carbocycles. The lowest BCUT2D eigenvalue weighted by Gasteiger charge is -2.40. The van der Waals surface area contributed by atoms with Gasteiger partial charge in [-0.05, 0) is 72.3 Å². The predicted molar refractivity (Wildman–Crippen MR) is 153 cm³/mol. The van der Waals surface area contributed by atoms with Crippen LogP contribution < -0.4 is 10.5 Å². The molecule has 2 aromatic carbocycles. The van der Waals surface area contributed by atoms with Crippen molar-refractivity contribution in [2.75, 3.05) is 31.1 Å². The van der Waals surface area contributed by atoms with Gasteiger partial charge in [0.05, 0.1) is 16.5 Å². The maximum Gasteiger partial charge on any atom is 0.269 e. The quantitative estimate of drug-likeness (QED) is 0.280. The highest BCUT2D eigenvalue weighted by Crippen LogP contribution is 2.34. The van der Waals surface area contributed by atoms with E-state index in [0.29, 0.717) is 37.6 Å². The fourth-order valence-corrected chi connectivity index (χ4v) is 6.40. The van der Waals surface area contributed by atoms with Crippen molar-refractivity contribution in [1.82, 2.24) is 30.1 Å². The van der Waals surface area contributed by atoms with Crippen LogP contribution in [0.4, 0.5) is 11.4 Å². The van der Waals surface area contributed by atoms with Crippen LogP contribution in [0.2, 0.25) is 0 Å². The smallest absolute Gasteiger partial charge is 0.269 e. The number of aryl methyl sites for hydroxylation is 2. The maximum atomic E-state index is 13.7. The predicted octanol–water partition coefficient (Wildman–Crippen LogP) is 4.46. The lowest BCUT2D eigenvalue weighted by Crippen LogP contribution is -2.49. The minimum absolute atomic E-state index is 0.0815. The van der Waals surface area contributed by atoms with E-state index >= 15 is 0 Å². The van der Waals surface area contributed by atoms with Gasteiger partial charge in [-0.1, -0.05) is 30.9 Å². The van der Waals surface area contributed by atoms with Crippen LogP contribution in [-0.2, 0) is 0 Å². The minimum Gasteiger partial charge on any atom is -0.369 e. The Kier molecular flexibility index (Phi) is 7.05. The van der Waals surface area contributed by atoms with Crippen LogP contribution in [0.25, 0.3) is 10.9 Å². The van der Waals surface area contributed by atoms with Gasteiger partial charge in [-0.25, -0.2) is 4.68 Å². The molecule has 2 aliphatic rings. The van der Waals surface area contributed by atoms with Crippen LogP contribution in [0.1, 0.15) is 66.7 Å². The van der Waals surface area contributed by atoms with Gasteiger partial charge >= 0.3 is 0 Å². The number of nitrogens with zero attached hydrogens (tertiary/aromatic N) is 7. The first-order chi connectivity index (χ1) is 19.4. The molecule has 0 unspecified atom stereocenters. The Morgan fingerprint density at radius 1 is 1.00 bits per heavy atom. The number of anilines is 1. The van der Waals surface area contributed by atoms with Gasteiger partial charge in [0.15, 0.2) is 5.82 Å². The molecular formula is C29H34N8O3. The fourth-order valence-electron chi connectivity index (χ4n) is 6.40. The van der Waals surface area contributed by atoms with Crippen molar-refractivity contribution in [2.45, 2.75) is 58.0 Å². The van der Waals surface area contributed by atoms with Gasteiger partial charge in [0.1, 0.15) is 6.04 Å². The molecule has 208 valence electrons.